The number of fused-ring (bicyclic) bond motifs is 1. The molecule has 0 saturated carbocycles. The molecular formula is C14H11ClN2. The number of imidazole rings is 1. The molecule has 0 N–H and O–H groups in total. The van der Waals surface area contributed by atoms with Gasteiger partial charge >= 0.3 is 0 Å². The number of hydrogen-bond donors (Lipinski definition) is 0. The average Bonchev–Trinajstić information content (AvgIpc) is 2.75. The molecule has 0 amide bonds. The zero-order valence-corrected chi connectivity index (χ0v) is 9.93. The molecule has 3 rings (SSSR count). The predicted molar refractivity (Wildman–Crippen MR) is 70.3 cm³/mol. The second-order valence-corrected chi connectivity index (χ2v) is 4.34. The van der Waals surface area contributed by atoms with Gasteiger partial charge < -0.3 is 4.57 Å². The van der Waals surface area contributed by atoms with Gasteiger partial charge in [-0.3, -0.25) is 0 Å². The first-order valence-corrected chi connectivity index (χ1v) is 5.85. The van der Waals surface area contributed by atoms with Crippen molar-refractivity contribution in [2.75, 3.05) is 0 Å². The van der Waals surface area contributed by atoms with Crippen LogP contribution < -0.4 is 0 Å². The van der Waals surface area contributed by atoms with Crippen LogP contribution in [0.4, 0.5) is 0 Å². The maximum Gasteiger partial charge on any atom is 0.202 e. The van der Waals surface area contributed by atoms with Crippen molar-refractivity contribution in [2.24, 2.45) is 0 Å². The van der Waals surface area contributed by atoms with Gasteiger partial charge in [-0.2, -0.15) is 0 Å². The van der Waals surface area contributed by atoms with Gasteiger partial charge in [0.25, 0.3) is 0 Å². The third-order valence-electron chi connectivity index (χ3n) is 2.83. The van der Waals surface area contributed by atoms with E-state index in [4.69, 9.17) is 11.6 Å². The average molecular weight is 243 g/mol. The zero-order valence-electron chi connectivity index (χ0n) is 9.18. The molecule has 2 nitrogen and oxygen atoms in total. The fourth-order valence-electron chi connectivity index (χ4n) is 1.96. The molecule has 0 spiro atoms. The highest BCUT2D eigenvalue weighted by atomic mass is 35.5. The minimum atomic E-state index is 0.526. The smallest absolute Gasteiger partial charge is 0.202 e. The number of rotatable bonds is 2. The summed E-state index contributed by atoms with van der Waals surface area (Å²) < 4.78 is 1.92. The Bertz CT molecular complexity index is 658. The van der Waals surface area contributed by atoms with Crippen molar-refractivity contribution in [2.45, 2.75) is 6.54 Å². The number of benzene rings is 2. The molecule has 0 fully saturated rings. The molecule has 3 aromatic rings. The summed E-state index contributed by atoms with van der Waals surface area (Å²) in [6, 6.07) is 14.8. The molecule has 0 aliphatic heterocycles. The van der Waals surface area contributed by atoms with E-state index in [9.17, 15) is 0 Å². The first-order chi connectivity index (χ1) is 8.33. The monoisotopic (exact) mass is 242 g/mol. The van der Waals surface area contributed by atoms with E-state index in [2.05, 4.69) is 47.4 Å². The molecule has 0 unspecified atom stereocenters. The number of aromatic nitrogens is 2. The molecule has 0 saturated heterocycles. The topological polar surface area (TPSA) is 17.8 Å². The molecule has 3 heteroatoms. The maximum absolute atomic E-state index is 5.96. The molecule has 1 aromatic heterocycles. The summed E-state index contributed by atoms with van der Waals surface area (Å²) in [7, 11) is 0. The summed E-state index contributed by atoms with van der Waals surface area (Å²) in [5.74, 6) is 0. The van der Waals surface area contributed by atoms with Crippen LogP contribution in [0.1, 0.15) is 5.56 Å². The van der Waals surface area contributed by atoms with E-state index in [0.29, 0.717) is 5.28 Å². The Kier molecular flexibility index (Phi) is 2.57. The lowest BCUT2D eigenvalue weighted by Gasteiger charge is -2.05. The van der Waals surface area contributed by atoms with Crippen molar-refractivity contribution < 1.29 is 0 Å². The van der Waals surface area contributed by atoms with Gasteiger partial charge in [0.2, 0.25) is 5.28 Å². The van der Waals surface area contributed by atoms with Crippen molar-refractivity contribution in [1.29, 1.82) is 0 Å². The highest BCUT2D eigenvalue weighted by molar-refractivity contribution is 6.28. The van der Waals surface area contributed by atoms with Crippen molar-refractivity contribution >= 4 is 22.4 Å². The number of nitrogens with zero attached hydrogens (tertiary/aromatic N) is 2. The number of hydrogen-bond acceptors (Lipinski definition) is 1. The fourth-order valence-corrected chi connectivity index (χ4v) is 2.14. The van der Waals surface area contributed by atoms with E-state index >= 15 is 0 Å². The second kappa shape index (κ2) is 4.22. The Morgan fingerprint density at radius 1 is 1.06 bits per heavy atom. The minimum Gasteiger partial charge on any atom is -0.317 e. The molecule has 0 atom stereocenters. The molecule has 0 aliphatic rings. The molecule has 0 bridgehead atoms. The zero-order chi connectivity index (χ0) is 11.7. The Hall–Kier alpha value is -1.80. The summed E-state index contributed by atoms with van der Waals surface area (Å²) in [6.07, 6.45) is 3.60. The molecule has 0 radical (unpaired) electrons. The van der Waals surface area contributed by atoms with E-state index < -0.39 is 0 Å². The molecular weight excluding hydrogens is 232 g/mol. The Balaban J connectivity index is 1.99. The Morgan fingerprint density at radius 2 is 1.88 bits per heavy atom. The summed E-state index contributed by atoms with van der Waals surface area (Å²) in [5, 5.41) is 3.03. The van der Waals surface area contributed by atoms with Gasteiger partial charge in [0, 0.05) is 18.9 Å². The third kappa shape index (κ3) is 2.04. The standard InChI is InChI=1S/C14H11ClN2/c15-14-16-7-8-17(14)10-11-5-6-12-3-1-2-4-13(12)9-11/h1-9H,10H2. The first kappa shape index (κ1) is 10.4. The second-order valence-electron chi connectivity index (χ2n) is 4.01. The quantitative estimate of drug-likeness (QED) is 0.669. The van der Waals surface area contributed by atoms with Crippen LogP contribution in [-0.2, 0) is 6.54 Å². The van der Waals surface area contributed by atoms with Gasteiger partial charge in [-0.15, -0.1) is 0 Å². The molecule has 0 aliphatic carbocycles. The molecule has 1 heterocycles. The van der Waals surface area contributed by atoms with E-state index in [-0.39, 0.29) is 0 Å². The lowest BCUT2D eigenvalue weighted by Crippen LogP contribution is -1.98. The van der Waals surface area contributed by atoms with Gasteiger partial charge in [0.05, 0.1) is 0 Å². The van der Waals surface area contributed by atoms with Crippen LogP contribution in [0.5, 0.6) is 0 Å². The van der Waals surface area contributed by atoms with Crippen LogP contribution in [0.15, 0.2) is 54.9 Å². The Morgan fingerprint density at radius 3 is 2.65 bits per heavy atom. The van der Waals surface area contributed by atoms with Crippen molar-refractivity contribution in [1.82, 2.24) is 9.55 Å². The molecule has 2 aromatic carbocycles. The van der Waals surface area contributed by atoms with E-state index in [1.807, 2.05) is 10.8 Å². The minimum absolute atomic E-state index is 0.526. The number of halogens is 1. The van der Waals surface area contributed by atoms with E-state index in [0.717, 1.165) is 6.54 Å². The van der Waals surface area contributed by atoms with E-state index in [1.165, 1.54) is 16.3 Å². The Labute approximate surface area is 104 Å². The lowest BCUT2D eigenvalue weighted by molar-refractivity contribution is 0.799. The van der Waals surface area contributed by atoms with Crippen LogP contribution in [0.2, 0.25) is 5.28 Å². The van der Waals surface area contributed by atoms with Crippen LogP contribution in [0.3, 0.4) is 0 Å². The maximum atomic E-state index is 5.96. The molecule has 84 valence electrons. The van der Waals surface area contributed by atoms with Gasteiger partial charge in [0.15, 0.2) is 0 Å². The normalized spacial score (nSPS) is 10.9. The highest BCUT2D eigenvalue weighted by Gasteiger charge is 2.01. The van der Waals surface area contributed by atoms with Gasteiger partial charge in [-0.25, -0.2) is 4.98 Å². The summed E-state index contributed by atoms with van der Waals surface area (Å²) in [4.78, 5) is 4.00. The van der Waals surface area contributed by atoms with Gasteiger partial charge in [-0.05, 0) is 34.0 Å². The highest BCUT2D eigenvalue weighted by Crippen LogP contribution is 2.17. The molecule has 17 heavy (non-hydrogen) atoms. The largest absolute Gasteiger partial charge is 0.317 e. The van der Waals surface area contributed by atoms with Gasteiger partial charge in [-0.1, -0.05) is 36.4 Å². The van der Waals surface area contributed by atoms with Crippen LogP contribution in [0.25, 0.3) is 10.8 Å². The SMILES string of the molecule is Clc1nccn1Cc1ccc2ccccc2c1. The first-order valence-electron chi connectivity index (χ1n) is 5.47. The van der Waals surface area contributed by atoms with Crippen LogP contribution in [0, 0.1) is 0 Å². The summed E-state index contributed by atoms with van der Waals surface area (Å²) in [5.41, 5.74) is 1.23. The predicted octanol–water partition coefficient (Wildman–Crippen LogP) is 3.74. The van der Waals surface area contributed by atoms with Crippen molar-refractivity contribution in [3.05, 3.63) is 65.7 Å². The summed E-state index contributed by atoms with van der Waals surface area (Å²) in [6.45, 7) is 0.754. The van der Waals surface area contributed by atoms with Gasteiger partial charge in [0.1, 0.15) is 0 Å². The lowest BCUT2D eigenvalue weighted by atomic mass is 10.1. The van der Waals surface area contributed by atoms with Crippen molar-refractivity contribution in [3.8, 4) is 0 Å². The summed E-state index contributed by atoms with van der Waals surface area (Å²) >= 11 is 5.96. The van der Waals surface area contributed by atoms with Crippen molar-refractivity contribution in [3.63, 3.8) is 0 Å². The third-order valence-corrected chi connectivity index (χ3v) is 3.15. The van der Waals surface area contributed by atoms with Crippen LogP contribution >= 0.6 is 11.6 Å². The fraction of sp³-hybridized carbons (Fsp3) is 0.0714. The van der Waals surface area contributed by atoms with Crippen LogP contribution in [-0.4, -0.2) is 9.55 Å². The van der Waals surface area contributed by atoms with E-state index in [1.54, 1.807) is 6.20 Å².